The van der Waals surface area contributed by atoms with Gasteiger partial charge in [0.25, 0.3) is 0 Å². The highest BCUT2D eigenvalue weighted by Crippen LogP contribution is 2.36. The van der Waals surface area contributed by atoms with E-state index in [1.165, 1.54) is 12.1 Å². The van der Waals surface area contributed by atoms with Gasteiger partial charge in [-0.05, 0) is 70.0 Å². The van der Waals surface area contributed by atoms with Gasteiger partial charge in [0.1, 0.15) is 30.9 Å². The zero-order valence-electron chi connectivity index (χ0n) is 23.8. The Bertz CT molecular complexity index is 1440. The molecule has 1 saturated heterocycles. The summed E-state index contributed by atoms with van der Waals surface area (Å²) in [5, 5.41) is 13.8. The van der Waals surface area contributed by atoms with Crippen LogP contribution in [0, 0.1) is 17.3 Å². The maximum atomic E-state index is 14.5. The van der Waals surface area contributed by atoms with Crippen molar-refractivity contribution in [1.82, 2.24) is 15.1 Å². The van der Waals surface area contributed by atoms with E-state index in [9.17, 15) is 9.18 Å². The van der Waals surface area contributed by atoms with Crippen LogP contribution < -0.4 is 10.1 Å². The lowest BCUT2D eigenvalue weighted by atomic mass is 10.0. The van der Waals surface area contributed by atoms with Crippen molar-refractivity contribution in [3.63, 3.8) is 0 Å². The van der Waals surface area contributed by atoms with Gasteiger partial charge < -0.3 is 19.7 Å². The number of aromatic nitrogens is 2. The Morgan fingerprint density at radius 1 is 1.13 bits per heavy atom. The molecular formula is C30H37FN4O3Si. The van der Waals surface area contributed by atoms with Gasteiger partial charge in [-0.3, -0.25) is 0 Å². The predicted molar refractivity (Wildman–Crippen MR) is 156 cm³/mol. The lowest BCUT2D eigenvalue weighted by Crippen LogP contribution is -2.47. The fraction of sp³-hybridized carbons (Fsp3) is 0.433. The zero-order chi connectivity index (χ0) is 28.4. The van der Waals surface area contributed by atoms with Crippen molar-refractivity contribution < 1.29 is 18.7 Å². The zero-order valence-corrected chi connectivity index (χ0v) is 24.8. The molecule has 1 N–H and O–H groups in total. The molecule has 0 radical (unpaired) electrons. The molecule has 1 aromatic heterocycles. The summed E-state index contributed by atoms with van der Waals surface area (Å²) in [6.07, 6.45) is 1.32. The highest BCUT2D eigenvalue weighted by Gasteiger charge is 2.28. The van der Waals surface area contributed by atoms with Crippen LogP contribution in [-0.4, -0.2) is 61.1 Å². The van der Waals surface area contributed by atoms with Gasteiger partial charge in [0.2, 0.25) is 0 Å². The number of nitrogens with one attached hydrogen (secondary N) is 1. The first kappa shape index (κ1) is 28.4. The van der Waals surface area contributed by atoms with E-state index < -0.39 is 13.7 Å². The lowest BCUT2D eigenvalue weighted by Gasteiger charge is -2.34. The number of methoxy groups -OCH3 is 1. The van der Waals surface area contributed by atoms with E-state index in [1.54, 1.807) is 18.1 Å². The van der Waals surface area contributed by atoms with Gasteiger partial charge in [0.05, 0.1) is 7.11 Å². The second-order valence-electron chi connectivity index (χ2n) is 11.9. The third-order valence-corrected chi connectivity index (χ3v) is 7.07. The summed E-state index contributed by atoms with van der Waals surface area (Å²) in [5.41, 5.74) is 5.02. The minimum atomic E-state index is -1.53. The first-order chi connectivity index (χ1) is 18.3. The summed E-state index contributed by atoms with van der Waals surface area (Å²) in [6, 6.07) is 10.3. The molecule has 2 aromatic carbocycles. The Labute approximate surface area is 231 Å². The molecule has 1 aliphatic heterocycles. The van der Waals surface area contributed by atoms with Crippen molar-refractivity contribution in [2.75, 3.05) is 25.5 Å². The van der Waals surface area contributed by atoms with Gasteiger partial charge in [-0.2, -0.15) is 0 Å². The van der Waals surface area contributed by atoms with Crippen molar-refractivity contribution >= 4 is 30.8 Å². The topological polar surface area (TPSA) is 76.6 Å². The Morgan fingerprint density at radius 3 is 2.59 bits per heavy atom. The predicted octanol–water partition coefficient (Wildman–Crippen LogP) is 6.48. The highest BCUT2D eigenvalue weighted by molar-refractivity contribution is 6.83. The fourth-order valence-corrected chi connectivity index (χ4v) is 4.96. The Morgan fingerprint density at radius 2 is 1.90 bits per heavy atom. The van der Waals surface area contributed by atoms with E-state index in [-0.39, 0.29) is 18.0 Å². The molecule has 1 atom stereocenters. The molecule has 3 aromatic rings. The number of carbonyl (C=O) groups is 1. The van der Waals surface area contributed by atoms with E-state index in [2.05, 4.69) is 46.6 Å². The number of fused-ring (bicyclic) bond motifs is 1. The molecule has 0 spiro atoms. The minimum absolute atomic E-state index is 0.0725. The minimum Gasteiger partial charge on any atom is -0.496 e. The molecule has 39 heavy (non-hydrogen) atoms. The average Bonchev–Trinajstić information content (AvgIpc) is 2.86. The number of piperidine rings is 1. The standard InChI is InChI=1S/C30H37FN4O3Si/c1-30(2,3)38-29(36)35-15-8-9-22(19-35)32-28-25-18-21(31)11-13-23(25)27(33-34-28)24-12-10-20(17-26(24)37-4)14-16-39(5,6)7/h10-13,17-18,22H,8-9,15,19H2,1-7H3,(H,32,34). The number of likely N-dealkylation sites (tertiary alicyclic amines) is 1. The lowest BCUT2D eigenvalue weighted by molar-refractivity contribution is 0.0206. The van der Waals surface area contributed by atoms with Crippen molar-refractivity contribution in [1.29, 1.82) is 0 Å². The van der Waals surface area contributed by atoms with Gasteiger partial charge in [-0.15, -0.1) is 15.7 Å². The molecule has 0 aliphatic carbocycles. The van der Waals surface area contributed by atoms with Crippen molar-refractivity contribution in [3.05, 3.63) is 47.8 Å². The summed E-state index contributed by atoms with van der Waals surface area (Å²) in [6.45, 7) is 13.2. The van der Waals surface area contributed by atoms with E-state index in [4.69, 9.17) is 9.47 Å². The number of benzene rings is 2. The van der Waals surface area contributed by atoms with Crippen LogP contribution in [0.5, 0.6) is 5.75 Å². The third kappa shape index (κ3) is 7.27. The number of ether oxygens (including phenoxy) is 2. The molecule has 0 bridgehead atoms. The van der Waals surface area contributed by atoms with E-state index in [0.29, 0.717) is 35.7 Å². The van der Waals surface area contributed by atoms with Crippen LogP contribution in [0.15, 0.2) is 36.4 Å². The number of anilines is 1. The number of hydrogen-bond donors (Lipinski definition) is 1. The number of carbonyl (C=O) groups excluding carboxylic acids is 1. The van der Waals surface area contributed by atoms with Crippen molar-refractivity contribution in [3.8, 4) is 28.5 Å². The molecule has 206 valence electrons. The first-order valence-electron chi connectivity index (χ1n) is 13.2. The third-order valence-electron chi connectivity index (χ3n) is 6.19. The molecule has 1 aliphatic rings. The van der Waals surface area contributed by atoms with Crippen LogP contribution in [0.3, 0.4) is 0 Å². The van der Waals surface area contributed by atoms with Crippen molar-refractivity contribution in [2.45, 2.75) is 64.9 Å². The Hall–Kier alpha value is -3.64. The maximum absolute atomic E-state index is 14.5. The van der Waals surface area contributed by atoms with E-state index in [0.717, 1.165) is 29.4 Å². The number of amides is 1. The second-order valence-corrected chi connectivity index (χ2v) is 16.7. The summed E-state index contributed by atoms with van der Waals surface area (Å²) in [7, 11) is 0.0816. The normalized spacial score (nSPS) is 15.9. The number of hydrogen-bond acceptors (Lipinski definition) is 6. The van der Waals surface area contributed by atoms with Gasteiger partial charge >= 0.3 is 6.09 Å². The van der Waals surface area contributed by atoms with Crippen LogP contribution >= 0.6 is 0 Å². The largest absolute Gasteiger partial charge is 0.496 e. The van der Waals surface area contributed by atoms with Gasteiger partial charge in [-0.25, -0.2) is 9.18 Å². The summed E-state index contributed by atoms with van der Waals surface area (Å²) < 4.78 is 25.7. The van der Waals surface area contributed by atoms with Crippen LogP contribution in [0.4, 0.5) is 15.0 Å². The molecule has 1 fully saturated rings. The molecule has 9 heteroatoms. The van der Waals surface area contributed by atoms with Gasteiger partial charge in [0, 0.05) is 41.0 Å². The quantitative estimate of drug-likeness (QED) is 0.297. The monoisotopic (exact) mass is 548 g/mol. The van der Waals surface area contributed by atoms with Crippen LogP contribution in [0.25, 0.3) is 22.0 Å². The number of halogens is 1. The molecule has 4 rings (SSSR count). The van der Waals surface area contributed by atoms with E-state index in [1.807, 2.05) is 39.0 Å². The molecule has 2 heterocycles. The summed E-state index contributed by atoms with van der Waals surface area (Å²) in [5.74, 6) is 3.99. The Balaban J connectivity index is 1.66. The van der Waals surface area contributed by atoms with Gasteiger partial charge in [-0.1, -0.05) is 25.6 Å². The Kier molecular flexibility index (Phi) is 8.16. The first-order valence-corrected chi connectivity index (χ1v) is 16.7. The fourth-order valence-electron chi connectivity index (χ4n) is 4.44. The van der Waals surface area contributed by atoms with Crippen LogP contribution in [0.2, 0.25) is 19.6 Å². The van der Waals surface area contributed by atoms with Gasteiger partial charge in [0.15, 0.2) is 5.82 Å². The highest BCUT2D eigenvalue weighted by atomic mass is 28.3. The smallest absolute Gasteiger partial charge is 0.410 e. The molecular weight excluding hydrogens is 511 g/mol. The summed E-state index contributed by atoms with van der Waals surface area (Å²) in [4.78, 5) is 14.3. The summed E-state index contributed by atoms with van der Waals surface area (Å²) >= 11 is 0. The number of rotatable bonds is 4. The molecule has 0 saturated carbocycles. The molecule has 7 nitrogen and oxygen atoms in total. The number of nitrogens with zero attached hydrogens (tertiary/aromatic N) is 3. The van der Waals surface area contributed by atoms with E-state index >= 15 is 0 Å². The molecule has 1 unspecified atom stereocenters. The average molecular weight is 549 g/mol. The SMILES string of the molecule is COc1cc(C#C[Si](C)(C)C)ccc1-c1nnc(NC2CCCN(C(=O)OC(C)(C)C)C2)c2cc(F)ccc12. The van der Waals surface area contributed by atoms with Crippen LogP contribution in [0.1, 0.15) is 39.2 Å². The van der Waals surface area contributed by atoms with Crippen molar-refractivity contribution in [2.24, 2.45) is 0 Å². The van der Waals surface area contributed by atoms with Crippen LogP contribution in [-0.2, 0) is 4.74 Å². The molecule has 1 amide bonds. The second kappa shape index (κ2) is 11.2. The maximum Gasteiger partial charge on any atom is 0.410 e.